The molecule has 2 amide bonds. The van der Waals surface area contributed by atoms with Crippen molar-refractivity contribution in [2.75, 3.05) is 24.6 Å². The normalized spacial score (nSPS) is 21.6. The summed E-state index contributed by atoms with van der Waals surface area (Å²) in [5.74, 6) is -2.87. The van der Waals surface area contributed by atoms with Gasteiger partial charge in [-0.2, -0.15) is 0 Å². The fourth-order valence-corrected chi connectivity index (χ4v) is 3.10. The molecular formula is C18H23F2N5O3. The van der Waals surface area contributed by atoms with Gasteiger partial charge in [-0.05, 0) is 31.1 Å². The summed E-state index contributed by atoms with van der Waals surface area (Å²) in [7, 11) is 0. The van der Waals surface area contributed by atoms with Crippen molar-refractivity contribution < 1.29 is 23.1 Å². The Morgan fingerprint density at radius 1 is 1.29 bits per heavy atom. The van der Waals surface area contributed by atoms with E-state index >= 15 is 0 Å². The van der Waals surface area contributed by atoms with Gasteiger partial charge >= 0.3 is 0 Å². The van der Waals surface area contributed by atoms with Gasteiger partial charge in [0.2, 0.25) is 5.91 Å². The largest absolute Gasteiger partial charge is 0.475 e. The lowest BCUT2D eigenvalue weighted by molar-refractivity contribution is -0.120. The Labute approximate surface area is 160 Å². The minimum atomic E-state index is -2.76. The predicted molar refractivity (Wildman–Crippen MR) is 95.2 cm³/mol. The zero-order valence-electron chi connectivity index (χ0n) is 15.4. The molecule has 8 nitrogen and oxygen atoms in total. The number of carbonyl (C=O) groups excluding carboxylic acids is 2. The van der Waals surface area contributed by atoms with Crippen molar-refractivity contribution in [2.45, 2.75) is 44.1 Å². The van der Waals surface area contributed by atoms with Gasteiger partial charge in [0.25, 0.3) is 17.7 Å². The number of rotatable bonds is 9. The second kappa shape index (κ2) is 7.14. The van der Waals surface area contributed by atoms with Crippen LogP contribution in [0.25, 0.3) is 0 Å². The molecule has 3 aliphatic rings. The van der Waals surface area contributed by atoms with Crippen LogP contribution in [0.1, 0.15) is 42.6 Å². The number of halogens is 2. The van der Waals surface area contributed by atoms with Gasteiger partial charge in [-0.15, -0.1) is 0 Å². The number of ether oxygens (including phenoxy) is 1. The van der Waals surface area contributed by atoms with E-state index < -0.39 is 36.9 Å². The number of nitrogens with one attached hydrogen (secondary N) is 1. The summed E-state index contributed by atoms with van der Waals surface area (Å²) in [6.07, 6.45) is 5.85. The van der Waals surface area contributed by atoms with Gasteiger partial charge in [-0.1, -0.05) is 12.8 Å². The van der Waals surface area contributed by atoms with Crippen molar-refractivity contribution >= 4 is 17.6 Å². The van der Waals surface area contributed by atoms with Crippen LogP contribution in [-0.4, -0.2) is 53.4 Å². The third kappa shape index (κ3) is 4.48. The first kappa shape index (κ1) is 18.8. The zero-order chi connectivity index (χ0) is 19.9. The molecule has 0 bridgehead atoms. The van der Waals surface area contributed by atoms with Crippen molar-refractivity contribution in [3.05, 3.63) is 11.9 Å². The molecule has 0 spiro atoms. The molecule has 0 radical (unpaired) electrons. The Hall–Kier alpha value is -2.52. The summed E-state index contributed by atoms with van der Waals surface area (Å²) in [6.45, 7) is -0.515. The lowest BCUT2D eigenvalue weighted by atomic mass is 10.1. The number of nitrogens with zero attached hydrogens (tertiary/aromatic N) is 3. The Bertz CT molecular complexity index is 774. The summed E-state index contributed by atoms with van der Waals surface area (Å²) in [4.78, 5) is 33.8. The highest BCUT2D eigenvalue weighted by Gasteiger charge is 2.46. The second-order valence-corrected chi connectivity index (χ2v) is 7.96. The molecule has 1 aromatic rings. The van der Waals surface area contributed by atoms with Crippen LogP contribution in [0.15, 0.2) is 6.20 Å². The summed E-state index contributed by atoms with van der Waals surface area (Å²) >= 11 is 0. The number of hydrogen-bond donors (Lipinski definition) is 2. The quantitative estimate of drug-likeness (QED) is 0.648. The number of carbonyl (C=O) groups is 2. The lowest BCUT2D eigenvalue weighted by Crippen LogP contribution is -2.56. The molecule has 28 heavy (non-hydrogen) atoms. The number of aromatic nitrogens is 2. The standard InChI is InChI=1S/C18H23F2N5O3/c19-18(20)8-25(9-18)15-17(28-7-11-3-4-11)24-13(6-22-15)16(27)23-12(14(21)26)5-10-1-2-10/h6,10-12H,1-5,7-9H2,(H2,21,26)(H,23,27)/t12-/m0/s1. The van der Waals surface area contributed by atoms with E-state index in [1.54, 1.807) is 0 Å². The maximum absolute atomic E-state index is 13.2. The molecule has 2 saturated carbocycles. The summed E-state index contributed by atoms with van der Waals surface area (Å²) < 4.78 is 32.1. The number of primary amides is 1. The molecule has 1 saturated heterocycles. The summed E-state index contributed by atoms with van der Waals surface area (Å²) in [5.41, 5.74) is 5.34. The molecule has 2 aliphatic carbocycles. The third-order valence-corrected chi connectivity index (χ3v) is 5.17. The van der Waals surface area contributed by atoms with Crippen molar-refractivity contribution in [2.24, 2.45) is 17.6 Å². The zero-order valence-corrected chi connectivity index (χ0v) is 15.4. The maximum atomic E-state index is 13.2. The molecule has 1 aromatic heterocycles. The maximum Gasteiger partial charge on any atom is 0.282 e. The van der Waals surface area contributed by atoms with Gasteiger partial charge < -0.3 is 20.7 Å². The molecule has 0 aromatic carbocycles. The topological polar surface area (TPSA) is 110 Å². The van der Waals surface area contributed by atoms with E-state index in [9.17, 15) is 18.4 Å². The average Bonchev–Trinajstić information content (AvgIpc) is 3.51. The van der Waals surface area contributed by atoms with E-state index in [2.05, 4.69) is 15.3 Å². The molecule has 3 fully saturated rings. The van der Waals surface area contributed by atoms with Crippen LogP contribution in [0.4, 0.5) is 14.6 Å². The van der Waals surface area contributed by atoms with Gasteiger partial charge in [-0.25, -0.2) is 18.7 Å². The third-order valence-electron chi connectivity index (χ3n) is 5.17. The average molecular weight is 395 g/mol. The van der Waals surface area contributed by atoms with Crippen molar-refractivity contribution in [1.29, 1.82) is 0 Å². The van der Waals surface area contributed by atoms with E-state index in [1.807, 2.05) is 0 Å². The van der Waals surface area contributed by atoms with Gasteiger partial charge in [0.1, 0.15) is 6.04 Å². The molecule has 3 N–H and O–H groups in total. The first-order valence-corrected chi connectivity index (χ1v) is 9.53. The second-order valence-electron chi connectivity index (χ2n) is 7.96. The number of anilines is 1. The van der Waals surface area contributed by atoms with Gasteiger partial charge in [0.15, 0.2) is 11.5 Å². The monoisotopic (exact) mass is 395 g/mol. The Morgan fingerprint density at radius 3 is 2.54 bits per heavy atom. The predicted octanol–water partition coefficient (Wildman–Crippen LogP) is 1.10. The van der Waals surface area contributed by atoms with Crippen molar-refractivity contribution in [1.82, 2.24) is 15.3 Å². The molecule has 1 aliphatic heterocycles. The fraction of sp³-hybridized carbons (Fsp3) is 0.667. The first-order valence-electron chi connectivity index (χ1n) is 9.53. The minimum absolute atomic E-state index is 0.0381. The van der Waals surface area contributed by atoms with Gasteiger partial charge in [-0.3, -0.25) is 9.59 Å². The van der Waals surface area contributed by atoms with Crippen LogP contribution in [0.2, 0.25) is 0 Å². The highest BCUT2D eigenvalue weighted by molar-refractivity contribution is 5.95. The van der Waals surface area contributed by atoms with Crippen LogP contribution in [0.3, 0.4) is 0 Å². The van der Waals surface area contributed by atoms with Gasteiger partial charge in [0.05, 0.1) is 25.9 Å². The molecule has 1 atom stereocenters. The van der Waals surface area contributed by atoms with E-state index in [0.29, 0.717) is 24.9 Å². The highest BCUT2D eigenvalue weighted by Crippen LogP contribution is 2.36. The van der Waals surface area contributed by atoms with Crippen molar-refractivity contribution in [3.8, 4) is 5.88 Å². The van der Waals surface area contributed by atoms with Crippen LogP contribution < -0.4 is 20.7 Å². The molecule has 152 valence electrons. The van der Waals surface area contributed by atoms with Crippen LogP contribution >= 0.6 is 0 Å². The SMILES string of the molecule is NC(=O)[C@H](CC1CC1)NC(=O)c1cnc(N2CC(F)(F)C2)c(OCC2CC2)n1. The number of alkyl halides is 2. The smallest absolute Gasteiger partial charge is 0.282 e. The number of nitrogens with two attached hydrogens (primary N) is 1. The molecule has 10 heteroatoms. The molecule has 4 rings (SSSR count). The van der Waals surface area contributed by atoms with E-state index in [-0.39, 0.29) is 17.4 Å². The van der Waals surface area contributed by atoms with E-state index in [4.69, 9.17) is 10.5 Å². The van der Waals surface area contributed by atoms with Gasteiger partial charge in [0, 0.05) is 0 Å². The Morgan fingerprint density at radius 2 is 1.96 bits per heavy atom. The lowest BCUT2D eigenvalue weighted by Gasteiger charge is -2.39. The minimum Gasteiger partial charge on any atom is -0.475 e. The molecular weight excluding hydrogens is 372 g/mol. The van der Waals surface area contributed by atoms with E-state index in [1.165, 1.54) is 11.1 Å². The molecule has 0 unspecified atom stereocenters. The Balaban J connectivity index is 1.48. The highest BCUT2D eigenvalue weighted by atomic mass is 19.3. The number of hydrogen-bond acceptors (Lipinski definition) is 6. The first-order chi connectivity index (χ1) is 13.3. The van der Waals surface area contributed by atoms with Crippen molar-refractivity contribution in [3.63, 3.8) is 0 Å². The van der Waals surface area contributed by atoms with E-state index in [0.717, 1.165) is 25.7 Å². The van der Waals surface area contributed by atoms with Crippen LogP contribution in [0.5, 0.6) is 5.88 Å². The number of amides is 2. The molecule has 2 heterocycles. The summed E-state index contributed by atoms with van der Waals surface area (Å²) in [6, 6.07) is -0.772. The summed E-state index contributed by atoms with van der Waals surface area (Å²) in [5, 5.41) is 2.59. The van der Waals surface area contributed by atoms with Crippen LogP contribution in [0, 0.1) is 11.8 Å². The fourth-order valence-electron chi connectivity index (χ4n) is 3.10. The Kier molecular flexibility index (Phi) is 4.80. The van der Waals surface area contributed by atoms with Crippen LogP contribution in [-0.2, 0) is 4.79 Å².